The lowest BCUT2D eigenvalue weighted by molar-refractivity contribution is -0.122. The highest BCUT2D eigenvalue weighted by Gasteiger charge is 2.21. The highest BCUT2D eigenvalue weighted by atomic mass is 16.5. The molecule has 0 unspecified atom stereocenters. The van der Waals surface area contributed by atoms with Crippen molar-refractivity contribution in [3.05, 3.63) is 83.3 Å². The summed E-state index contributed by atoms with van der Waals surface area (Å²) >= 11 is 0. The first-order chi connectivity index (χ1) is 14.5. The molecule has 2 N–H and O–H groups in total. The maximum atomic E-state index is 12.9. The van der Waals surface area contributed by atoms with Gasteiger partial charge in [-0.05, 0) is 61.7 Å². The van der Waals surface area contributed by atoms with E-state index in [0.29, 0.717) is 29.2 Å². The van der Waals surface area contributed by atoms with E-state index < -0.39 is 6.10 Å². The fourth-order valence-electron chi connectivity index (χ4n) is 2.99. The number of anilines is 1. The summed E-state index contributed by atoms with van der Waals surface area (Å²) in [6, 6.07) is 16.3. The van der Waals surface area contributed by atoms with Crippen molar-refractivity contribution in [1.82, 2.24) is 5.32 Å². The van der Waals surface area contributed by atoms with Crippen molar-refractivity contribution < 1.29 is 18.7 Å². The van der Waals surface area contributed by atoms with E-state index in [2.05, 4.69) is 10.6 Å². The molecule has 0 fully saturated rings. The minimum Gasteiger partial charge on any atom is -0.480 e. The lowest BCUT2D eigenvalue weighted by Crippen LogP contribution is -2.33. The number of carbonyl (C=O) groups excluding carboxylic acids is 2. The first kappa shape index (κ1) is 21.2. The molecule has 156 valence electrons. The molecule has 0 saturated heterocycles. The van der Waals surface area contributed by atoms with Crippen molar-refractivity contribution in [3.8, 4) is 5.75 Å². The van der Waals surface area contributed by atoms with E-state index in [4.69, 9.17) is 9.15 Å². The molecular weight excluding hydrogens is 380 g/mol. The van der Waals surface area contributed by atoms with Crippen LogP contribution >= 0.6 is 0 Å². The number of aryl methyl sites for hydroxylation is 2. The molecule has 0 radical (unpaired) electrons. The van der Waals surface area contributed by atoms with Gasteiger partial charge < -0.3 is 19.8 Å². The maximum Gasteiger partial charge on any atom is 0.265 e. The lowest BCUT2D eigenvalue weighted by Gasteiger charge is -2.20. The van der Waals surface area contributed by atoms with Crippen LogP contribution in [0.5, 0.6) is 5.75 Å². The highest BCUT2D eigenvalue weighted by Crippen LogP contribution is 2.22. The van der Waals surface area contributed by atoms with Crippen molar-refractivity contribution in [3.63, 3.8) is 0 Å². The Hall–Kier alpha value is -3.54. The zero-order valence-corrected chi connectivity index (χ0v) is 17.4. The van der Waals surface area contributed by atoms with E-state index in [1.807, 2.05) is 39.0 Å². The van der Waals surface area contributed by atoms with Crippen LogP contribution in [0.3, 0.4) is 0 Å². The number of furan rings is 1. The summed E-state index contributed by atoms with van der Waals surface area (Å²) in [5.74, 6) is 0.731. The lowest BCUT2D eigenvalue weighted by atomic mass is 10.1. The van der Waals surface area contributed by atoms with E-state index in [1.165, 1.54) is 0 Å². The van der Waals surface area contributed by atoms with E-state index >= 15 is 0 Å². The standard InChI is InChI=1S/C24H26N2O4/c1-4-21(30-22-14-16(2)11-12-17(22)3)24(28)26-20-10-6-5-9-19(20)23(27)25-15-18-8-7-13-29-18/h5-14,21H,4,15H2,1-3H3,(H,25,27)(H,26,28)/t21-/m1/s1. The number of hydrogen-bond acceptors (Lipinski definition) is 4. The number of carbonyl (C=O) groups is 2. The topological polar surface area (TPSA) is 80.6 Å². The van der Waals surface area contributed by atoms with Crippen molar-refractivity contribution in [2.75, 3.05) is 5.32 Å². The molecule has 1 heterocycles. The van der Waals surface area contributed by atoms with Gasteiger partial charge in [0.1, 0.15) is 11.5 Å². The summed E-state index contributed by atoms with van der Waals surface area (Å²) in [6.45, 7) is 6.07. The Labute approximate surface area is 176 Å². The molecule has 0 aliphatic heterocycles. The summed E-state index contributed by atoms with van der Waals surface area (Å²) in [7, 11) is 0. The van der Waals surface area contributed by atoms with Crippen LogP contribution in [0, 0.1) is 13.8 Å². The van der Waals surface area contributed by atoms with Gasteiger partial charge in [0.15, 0.2) is 6.10 Å². The predicted molar refractivity (Wildman–Crippen MR) is 116 cm³/mol. The Bertz CT molecular complexity index is 1010. The number of nitrogens with one attached hydrogen (secondary N) is 2. The average Bonchev–Trinajstić information content (AvgIpc) is 3.26. The minimum absolute atomic E-state index is 0.265. The minimum atomic E-state index is -0.676. The number of amides is 2. The molecule has 6 heteroatoms. The van der Waals surface area contributed by atoms with Gasteiger partial charge in [-0.1, -0.05) is 31.2 Å². The molecule has 0 aliphatic rings. The summed E-state index contributed by atoms with van der Waals surface area (Å²) in [5, 5.41) is 5.64. The zero-order chi connectivity index (χ0) is 21.5. The molecule has 2 aromatic carbocycles. The van der Waals surface area contributed by atoms with Gasteiger partial charge in [-0.2, -0.15) is 0 Å². The monoisotopic (exact) mass is 406 g/mol. The number of benzene rings is 2. The Morgan fingerprint density at radius 1 is 1.07 bits per heavy atom. The molecule has 3 rings (SSSR count). The molecular formula is C24H26N2O4. The third-order valence-electron chi connectivity index (χ3n) is 4.71. The molecule has 0 bridgehead atoms. The normalized spacial score (nSPS) is 11.6. The van der Waals surface area contributed by atoms with Crippen LogP contribution in [0.2, 0.25) is 0 Å². The summed E-state index contributed by atoms with van der Waals surface area (Å²) in [6.07, 6.45) is 1.37. The molecule has 3 aromatic rings. The molecule has 1 aromatic heterocycles. The van der Waals surface area contributed by atoms with Gasteiger partial charge in [-0.15, -0.1) is 0 Å². The maximum absolute atomic E-state index is 12.9. The summed E-state index contributed by atoms with van der Waals surface area (Å²) in [4.78, 5) is 25.5. The van der Waals surface area contributed by atoms with Gasteiger partial charge in [0, 0.05) is 0 Å². The first-order valence-corrected chi connectivity index (χ1v) is 9.92. The van der Waals surface area contributed by atoms with Crippen LogP contribution in [0.25, 0.3) is 0 Å². The SMILES string of the molecule is CC[C@@H](Oc1cc(C)ccc1C)C(=O)Nc1ccccc1C(=O)NCc1ccco1. The van der Waals surface area contributed by atoms with Gasteiger partial charge >= 0.3 is 0 Å². The zero-order valence-electron chi connectivity index (χ0n) is 17.4. The molecule has 0 saturated carbocycles. The van der Waals surface area contributed by atoms with Crippen LogP contribution < -0.4 is 15.4 Å². The van der Waals surface area contributed by atoms with Crippen LogP contribution in [0.1, 0.15) is 40.6 Å². The number of rotatable bonds is 8. The third-order valence-corrected chi connectivity index (χ3v) is 4.71. The van der Waals surface area contributed by atoms with E-state index in [-0.39, 0.29) is 18.4 Å². The first-order valence-electron chi connectivity index (χ1n) is 9.92. The molecule has 0 aliphatic carbocycles. The van der Waals surface area contributed by atoms with Gasteiger partial charge in [0.25, 0.3) is 11.8 Å². The van der Waals surface area contributed by atoms with Crippen LogP contribution in [-0.4, -0.2) is 17.9 Å². The summed E-state index contributed by atoms with van der Waals surface area (Å²) < 4.78 is 11.2. The second-order valence-corrected chi connectivity index (χ2v) is 7.08. The average molecular weight is 406 g/mol. The Morgan fingerprint density at radius 2 is 1.87 bits per heavy atom. The van der Waals surface area contributed by atoms with Gasteiger partial charge in [0.2, 0.25) is 0 Å². The molecule has 1 atom stereocenters. The fourth-order valence-corrected chi connectivity index (χ4v) is 2.99. The van der Waals surface area contributed by atoms with E-state index in [1.54, 1.807) is 42.7 Å². The molecule has 0 spiro atoms. The smallest absolute Gasteiger partial charge is 0.265 e. The van der Waals surface area contributed by atoms with Crippen molar-refractivity contribution in [2.45, 2.75) is 39.8 Å². The Morgan fingerprint density at radius 3 is 2.60 bits per heavy atom. The van der Waals surface area contributed by atoms with Gasteiger partial charge in [-0.25, -0.2) is 0 Å². The number of para-hydroxylation sites is 1. The Kier molecular flexibility index (Phi) is 6.91. The van der Waals surface area contributed by atoms with Crippen molar-refractivity contribution in [1.29, 1.82) is 0 Å². The van der Waals surface area contributed by atoms with E-state index in [0.717, 1.165) is 11.1 Å². The second-order valence-electron chi connectivity index (χ2n) is 7.08. The highest BCUT2D eigenvalue weighted by molar-refractivity contribution is 6.04. The summed E-state index contributed by atoms with van der Waals surface area (Å²) in [5.41, 5.74) is 2.83. The number of ether oxygens (including phenoxy) is 1. The second kappa shape index (κ2) is 9.78. The van der Waals surface area contributed by atoms with Gasteiger partial charge in [0.05, 0.1) is 24.1 Å². The largest absolute Gasteiger partial charge is 0.480 e. The third kappa shape index (κ3) is 5.29. The molecule has 30 heavy (non-hydrogen) atoms. The quantitative estimate of drug-likeness (QED) is 0.572. The van der Waals surface area contributed by atoms with Gasteiger partial charge in [-0.3, -0.25) is 9.59 Å². The van der Waals surface area contributed by atoms with E-state index in [9.17, 15) is 9.59 Å². The van der Waals surface area contributed by atoms with Crippen molar-refractivity contribution >= 4 is 17.5 Å². The Balaban J connectivity index is 1.70. The van der Waals surface area contributed by atoms with Crippen LogP contribution in [0.4, 0.5) is 5.69 Å². The number of hydrogen-bond donors (Lipinski definition) is 2. The molecule has 2 amide bonds. The predicted octanol–water partition coefficient (Wildman–Crippen LogP) is 4.62. The van der Waals surface area contributed by atoms with Crippen molar-refractivity contribution in [2.24, 2.45) is 0 Å². The van der Waals surface area contributed by atoms with Crippen LogP contribution in [-0.2, 0) is 11.3 Å². The fraction of sp³-hybridized carbons (Fsp3) is 0.250. The molecule has 6 nitrogen and oxygen atoms in total. The van der Waals surface area contributed by atoms with Crippen LogP contribution in [0.15, 0.2) is 65.3 Å².